The molecule has 0 aliphatic carbocycles. The summed E-state index contributed by atoms with van der Waals surface area (Å²) >= 11 is 12.0. The summed E-state index contributed by atoms with van der Waals surface area (Å²) in [6.07, 6.45) is 2.22. The molecule has 19 heavy (non-hydrogen) atoms. The van der Waals surface area contributed by atoms with Crippen LogP contribution in [0, 0.1) is 0 Å². The monoisotopic (exact) mass is 300 g/mol. The van der Waals surface area contributed by atoms with E-state index in [1.165, 1.54) is 0 Å². The van der Waals surface area contributed by atoms with Crippen LogP contribution in [0.5, 0.6) is 0 Å². The van der Waals surface area contributed by atoms with Gasteiger partial charge in [-0.15, -0.1) is 0 Å². The van der Waals surface area contributed by atoms with Gasteiger partial charge in [0.2, 0.25) is 5.91 Å². The molecule has 1 heterocycles. The third-order valence-corrected chi connectivity index (χ3v) is 4.00. The SMILES string of the molecule is CC(NCc1cc(Cl)ccc1Cl)C(=O)N1CCCC1. The average molecular weight is 301 g/mol. The first-order valence-corrected chi connectivity index (χ1v) is 7.29. The van der Waals surface area contributed by atoms with Crippen molar-refractivity contribution in [3.8, 4) is 0 Å². The number of rotatable bonds is 4. The first-order valence-electron chi connectivity index (χ1n) is 6.54. The zero-order valence-corrected chi connectivity index (χ0v) is 12.5. The van der Waals surface area contributed by atoms with Crippen molar-refractivity contribution in [2.24, 2.45) is 0 Å². The molecule has 0 aromatic heterocycles. The van der Waals surface area contributed by atoms with Gasteiger partial charge in [-0.05, 0) is 43.5 Å². The van der Waals surface area contributed by atoms with Gasteiger partial charge in [-0.25, -0.2) is 0 Å². The molecule has 5 heteroatoms. The maximum absolute atomic E-state index is 12.1. The lowest BCUT2D eigenvalue weighted by atomic mass is 10.2. The number of carbonyl (C=O) groups excluding carboxylic acids is 1. The highest BCUT2D eigenvalue weighted by molar-refractivity contribution is 6.33. The van der Waals surface area contributed by atoms with Crippen LogP contribution in [0.3, 0.4) is 0 Å². The van der Waals surface area contributed by atoms with Gasteiger partial charge in [0.1, 0.15) is 0 Å². The molecule has 0 spiro atoms. The van der Waals surface area contributed by atoms with Crippen LogP contribution >= 0.6 is 23.2 Å². The minimum absolute atomic E-state index is 0.163. The summed E-state index contributed by atoms with van der Waals surface area (Å²) in [4.78, 5) is 14.0. The van der Waals surface area contributed by atoms with E-state index in [0.717, 1.165) is 31.5 Å². The number of hydrogen-bond donors (Lipinski definition) is 1. The number of halogens is 2. The molecule has 2 rings (SSSR count). The van der Waals surface area contributed by atoms with E-state index in [1.54, 1.807) is 12.1 Å². The fraction of sp³-hybridized carbons (Fsp3) is 0.500. The molecule has 1 aliphatic heterocycles. The van der Waals surface area contributed by atoms with Crippen LogP contribution in [-0.4, -0.2) is 29.9 Å². The molecule has 1 aromatic carbocycles. The number of amides is 1. The van der Waals surface area contributed by atoms with Gasteiger partial charge < -0.3 is 10.2 Å². The Hall–Kier alpha value is -0.770. The zero-order chi connectivity index (χ0) is 13.8. The average Bonchev–Trinajstić information content (AvgIpc) is 2.92. The van der Waals surface area contributed by atoms with E-state index < -0.39 is 0 Å². The lowest BCUT2D eigenvalue weighted by Crippen LogP contribution is -2.43. The quantitative estimate of drug-likeness (QED) is 0.927. The number of nitrogens with zero attached hydrogens (tertiary/aromatic N) is 1. The van der Waals surface area contributed by atoms with Crippen LogP contribution in [0.4, 0.5) is 0 Å². The van der Waals surface area contributed by atoms with E-state index >= 15 is 0 Å². The first-order chi connectivity index (χ1) is 9.08. The molecule has 1 N–H and O–H groups in total. The Labute approximate surface area is 123 Å². The van der Waals surface area contributed by atoms with E-state index in [-0.39, 0.29) is 11.9 Å². The Morgan fingerprint density at radius 2 is 2.05 bits per heavy atom. The minimum atomic E-state index is -0.201. The van der Waals surface area contributed by atoms with E-state index in [4.69, 9.17) is 23.2 Å². The van der Waals surface area contributed by atoms with Crippen molar-refractivity contribution >= 4 is 29.1 Å². The second-order valence-electron chi connectivity index (χ2n) is 4.87. The molecule has 0 bridgehead atoms. The number of hydrogen-bond acceptors (Lipinski definition) is 2. The summed E-state index contributed by atoms with van der Waals surface area (Å²) in [6, 6.07) is 5.15. The highest BCUT2D eigenvalue weighted by Gasteiger charge is 2.22. The number of carbonyl (C=O) groups is 1. The molecular weight excluding hydrogens is 283 g/mol. The predicted octanol–water partition coefficient (Wildman–Crippen LogP) is 3.09. The van der Waals surface area contributed by atoms with Gasteiger partial charge in [0, 0.05) is 29.7 Å². The van der Waals surface area contributed by atoms with Crippen molar-refractivity contribution < 1.29 is 4.79 Å². The smallest absolute Gasteiger partial charge is 0.239 e. The molecule has 104 valence electrons. The molecule has 1 amide bonds. The maximum atomic E-state index is 12.1. The topological polar surface area (TPSA) is 32.3 Å². The summed E-state index contributed by atoms with van der Waals surface area (Å²) in [5.41, 5.74) is 0.912. The molecule has 3 nitrogen and oxygen atoms in total. The minimum Gasteiger partial charge on any atom is -0.341 e. The van der Waals surface area contributed by atoms with E-state index in [0.29, 0.717) is 16.6 Å². The third kappa shape index (κ3) is 3.85. The fourth-order valence-electron chi connectivity index (χ4n) is 2.24. The summed E-state index contributed by atoms with van der Waals surface area (Å²) in [5.74, 6) is 0.163. The molecule has 1 unspecified atom stereocenters. The Bertz CT molecular complexity index is 459. The highest BCUT2D eigenvalue weighted by atomic mass is 35.5. The summed E-state index contributed by atoms with van der Waals surface area (Å²) in [5, 5.41) is 4.53. The molecule has 1 aliphatic rings. The Kier molecular flexibility index (Phi) is 5.08. The highest BCUT2D eigenvalue weighted by Crippen LogP contribution is 2.20. The van der Waals surface area contributed by atoms with Crippen molar-refractivity contribution in [1.82, 2.24) is 10.2 Å². The summed E-state index contributed by atoms with van der Waals surface area (Å²) in [7, 11) is 0. The molecule has 0 saturated carbocycles. The van der Waals surface area contributed by atoms with Crippen LogP contribution in [0.15, 0.2) is 18.2 Å². The molecule has 1 fully saturated rings. The van der Waals surface area contributed by atoms with E-state index in [9.17, 15) is 4.79 Å². The maximum Gasteiger partial charge on any atom is 0.239 e. The lowest BCUT2D eigenvalue weighted by Gasteiger charge is -2.21. The van der Waals surface area contributed by atoms with E-state index in [2.05, 4.69) is 5.32 Å². The Morgan fingerprint density at radius 3 is 2.74 bits per heavy atom. The zero-order valence-electron chi connectivity index (χ0n) is 11.0. The van der Waals surface area contributed by atoms with Gasteiger partial charge in [-0.1, -0.05) is 23.2 Å². The normalized spacial score (nSPS) is 16.7. The van der Waals surface area contributed by atoms with Crippen molar-refractivity contribution in [2.75, 3.05) is 13.1 Å². The van der Waals surface area contributed by atoms with Crippen LogP contribution in [0.25, 0.3) is 0 Å². The molecule has 1 saturated heterocycles. The standard InChI is InChI=1S/C14H18Cl2N2O/c1-10(14(19)18-6-2-3-7-18)17-9-11-8-12(15)4-5-13(11)16/h4-5,8,10,17H,2-3,6-7,9H2,1H3. The molecule has 1 aromatic rings. The fourth-order valence-corrected chi connectivity index (χ4v) is 2.62. The van der Waals surface area contributed by atoms with Crippen LogP contribution in [0.2, 0.25) is 10.0 Å². The van der Waals surface area contributed by atoms with Gasteiger partial charge in [0.05, 0.1) is 6.04 Å². The number of benzene rings is 1. The molecule has 0 radical (unpaired) electrons. The summed E-state index contributed by atoms with van der Waals surface area (Å²) in [6.45, 7) is 4.19. The second kappa shape index (κ2) is 6.60. The third-order valence-electron chi connectivity index (χ3n) is 3.39. The van der Waals surface area contributed by atoms with Crippen molar-refractivity contribution in [3.63, 3.8) is 0 Å². The van der Waals surface area contributed by atoms with Gasteiger partial charge in [-0.2, -0.15) is 0 Å². The summed E-state index contributed by atoms with van der Waals surface area (Å²) < 4.78 is 0. The van der Waals surface area contributed by atoms with Crippen LogP contribution in [0.1, 0.15) is 25.3 Å². The number of nitrogens with one attached hydrogen (secondary N) is 1. The first kappa shape index (κ1) is 14.6. The second-order valence-corrected chi connectivity index (χ2v) is 5.71. The molecule has 1 atom stereocenters. The van der Waals surface area contributed by atoms with Gasteiger partial charge >= 0.3 is 0 Å². The van der Waals surface area contributed by atoms with Gasteiger partial charge in [0.15, 0.2) is 0 Å². The molecular formula is C14H18Cl2N2O. The Balaban J connectivity index is 1.90. The lowest BCUT2D eigenvalue weighted by molar-refractivity contribution is -0.131. The Morgan fingerprint density at radius 1 is 1.37 bits per heavy atom. The van der Waals surface area contributed by atoms with Crippen molar-refractivity contribution in [3.05, 3.63) is 33.8 Å². The van der Waals surface area contributed by atoms with Crippen LogP contribution < -0.4 is 5.32 Å². The van der Waals surface area contributed by atoms with Gasteiger partial charge in [0.25, 0.3) is 0 Å². The van der Waals surface area contributed by atoms with Crippen molar-refractivity contribution in [2.45, 2.75) is 32.4 Å². The van der Waals surface area contributed by atoms with E-state index in [1.807, 2.05) is 17.9 Å². The van der Waals surface area contributed by atoms with Gasteiger partial charge in [-0.3, -0.25) is 4.79 Å². The van der Waals surface area contributed by atoms with Crippen LogP contribution in [-0.2, 0) is 11.3 Å². The number of likely N-dealkylation sites (tertiary alicyclic amines) is 1. The largest absolute Gasteiger partial charge is 0.341 e. The predicted molar refractivity (Wildman–Crippen MR) is 78.6 cm³/mol. The van der Waals surface area contributed by atoms with Crippen molar-refractivity contribution in [1.29, 1.82) is 0 Å².